The molecule has 0 aliphatic rings. The summed E-state index contributed by atoms with van der Waals surface area (Å²) in [6, 6.07) is 9.34. The highest BCUT2D eigenvalue weighted by molar-refractivity contribution is 9.08. The molecule has 0 radical (unpaired) electrons. The van der Waals surface area contributed by atoms with Crippen molar-refractivity contribution < 1.29 is 4.74 Å². The number of rotatable bonds is 3. The van der Waals surface area contributed by atoms with E-state index in [2.05, 4.69) is 20.9 Å². The van der Waals surface area contributed by atoms with Gasteiger partial charge in [-0.15, -0.1) is 0 Å². The number of ether oxygens (including phenoxy) is 1. The predicted octanol–water partition coefficient (Wildman–Crippen LogP) is 4.73. The van der Waals surface area contributed by atoms with Crippen LogP contribution < -0.4 is 4.74 Å². The normalized spacial score (nSPS) is 10.3. The zero-order valence-corrected chi connectivity index (χ0v) is 11.6. The van der Waals surface area contributed by atoms with Crippen molar-refractivity contribution in [3.63, 3.8) is 0 Å². The molecule has 1 heterocycles. The van der Waals surface area contributed by atoms with Gasteiger partial charge in [-0.3, -0.25) is 0 Å². The van der Waals surface area contributed by atoms with Crippen LogP contribution in [0, 0.1) is 6.92 Å². The standard InChI is InChI=1S/C13H11BrClNO/c1-9-6-11(15)3-4-12(9)17-13-5-2-10(7-14)8-16-13/h2-6,8H,7H2,1H3. The van der Waals surface area contributed by atoms with E-state index in [0.29, 0.717) is 10.9 Å². The molecule has 1 aromatic carbocycles. The Kier molecular flexibility index (Phi) is 4.02. The SMILES string of the molecule is Cc1cc(Cl)ccc1Oc1ccc(CBr)cn1. The van der Waals surface area contributed by atoms with E-state index in [4.69, 9.17) is 16.3 Å². The Morgan fingerprint density at radius 3 is 2.71 bits per heavy atom. The predicted molar refractivity (Wildman–Crippen MR) is 73.1 cm³/mol. The zero-order chi connectivity index (χ0) is 12.3. The van der Waals surface area contributed by atoms with Crippen molar-refractivity contribution in [2.75, 3.05) is 0 Å². The lowest BCUT2D eigenvalue weighted by Gasteiger charge is -2.08. The lowest BCUT2D eigenvalue weighted by atomic mass is 10.2. The lowest BCUT2D eigenvalue weighted by Crippen LogP contribution is -1.90. The van der Waals surface area contributed by atoms with E-state index in [1.807, 2.05) is 31.2 Å². The third kappa shape index (κ3) is 3.20. The van der Waals surface area contributed by atoms with Gasteiger partial charge in [-0.1, -0.05) is 33.6 Å². The maximum absolute atomic E-state index is 5.88. The van der Waals surface area contributed by atoms with Crippen LogP contribution in [0.5, 0.6) is 11.6 Å². The molecule has 88 valence electrons. The summed E-state index contributed by atoms with van der Waals surface area (Å²) in [5.41, 5.74) is 2.11. The number of aromatic nitrogens is 1. The van der Waals surface area contributed by atoms with E-state index in [1.165, 1.54) is 0 Å². The van der Waals surface area contributed by atoms with Crippen LogP contribution in [0.25, 0.3) is 0 Å². The quantitative estimate of drug-likeness (QED) is 0.764. The molecule has 2 nitrogen and oxygen atoms in total. The van der Waals surface area contributed by atoms with Gasteiger partial charge in [0, 0.05) is 22.6 Å². The minimum Gasteiger partial charge on any atom is -0.439 e. The number of pyridine rings is 1. The largest absolute Gasteiger partial charge is 0.439 e. The van der Waals surface area contributed by atoms with Gasteiger partial charge in [0.1, 0.15) is 5.75 Å². The van der Waals surface area contributed by atoms with Gasteiger partial charge in [0.05, 0.1) is 0 Å². The summed E-state index contributed by atoms with van der Waals surface area (Å²) >= 11 is 9.26. The van der Waals surface area contributed by atoms with Crippen LogP contribution in [0.4, 0.5) is 0 Å². The van der Waals surface area contributed by atoms with Gasteiger partial charge in [-0.2, -0.15) is 0 Å². The minimum absolute atomic E-state index is 0.583. The molecular weight excluding hydrogens is 302 g/mol. The first-order valence-corrected chi connectivity index (χ1v) is 6.64. The van der Waals surface area contributed by atoms with Crippen LogP contribution >= 0.6 is 27.5 Å². The molecule has 0 bridgehead atoms. The molecule has 0 spiro atoms. The number of halogens is 2. The Balaban J connectivity index is 2.19. The maximum atomic E-state index is 5.88. The van der Waals surface area contributed by atoms with E-state index in [9.17, 15) is 0 Å². The van der Waals surface area contributed by atoms with Crippen LogP contribution in [0.2, 0.25) is 5.02 Å². The highest BCUT2D eigenvalue weighted by Gasteiger charge is 2.03. The highest BCUT2D eigenvalue weighted by Crippen LogP contribution is 2.26. The van der Waals surface area contributed by atoms with Gasteiger partial charge in [-0.25, -0.2) is 4.98 Å². The number of aryl methyl sites for hydroxylation is 1. The lowest BCUT2D eigenvalue weighted by molar-refractivity contribution is 0.459. The van der Waals surface area contributed by atoms with Gasteiger partial charge < -0.3 is 4.74 Å². The first kappa shape index (κ1) is 12.4. The average molecular weight is 313 g/mol. The minimum atomic E-state index is 0.583. The van der Waals surface area contributed by atoms with Crippen molar-refractivity contribution in [3.8, 4) is 11.6 Å². The molecular formula is C13H11BrClNO. The molecule has 2 aromatic rings. The average Bonchev–Trinajstić information content (AvgIpc) is 2.34. The highest BCUT2D eigenvalue weighted by atomic mass is 79.9. The summed E-state index contributed by atoms with van der Waals surface area (Å²) in [6.45, 7) is 1.95. The molecule has 2 rings (SSSR count). The molecule has 0 saturated heterocycles. The smallest absolute Gasteiger partial charge is 0.219 e. The summed E-state index contributed by atoms with van der Waals surface area (Å²) < 4.78 is 5.68. The van der Waals surface area contributed by atoms with Crippen molar-refractivity contribution in [2.45, 2.75) is 12.3 Å². The summed E-state index contributed by atoms with van der Waals surface area (Å²) in [5, 5.41) is 1.50. The Morgan fingerprint density at radius 2 is 2.12 bits per heavy atom. The Bertz CT molecular complexity index is 513. The molecule has 0 N–H and O–H groups in total. The first-order chi connectivity index (χ1) is 8.19. The summed E-state index contributed by atoms with van der Waals surface area (Å²) in [5.74, 6) is 1.36. The Hall–Kier alpha value is -1.06. The fourth-order valence-corrected chi connectivity index (χ4v) is 1.95. The van der Waals surface area contributed by atoms with E-state index < -0.39 is 0 Å². The van der Waals surface area contributed by atoms with E-state index in [0.717, 1.165) is 22.2 Å². The number of hydrogen-bond acceptors (Lipinski definition) is 2. The second-order valence-electron chi connectivity index (χ2n) is 3.65. The van der Waals surface area contributed by atoms with Crippen LogP contribution in [-0.2, 0) is 5.33 Å². The second kappa shape index (κ2) is 5.52. The molecule has 4 heteroatoms. The van der Waals surface area contributed by atoms with Gasteiger partial charge in [0.25, 0.3) is 0 Å². The molecule has 0 unspecified atom stereocenters. The van der Waals surface area contributed by atoms with Crippen molar-refractivity contribution in [1.82, 2.24) is 4.98 Å². The van der Waals surface area contributed by atoms with E-state index in [1.54, 1.807) is 12.3 Å². The molecule has 0 atom stereocenters. The van der Waals surface area contributed by atoms with E-state index >= 15 is 0 Å². The van der Waals surface area contributed by atoms with Gasteiger partial charge in [-0.05, 0) is 36.2 Å². The Labute approximate surface area is 114 Å². The van der Waals surface area contributed by atoms with Gasteiger partial charge in [0.15, 0.2) is 0 Å². The molecule has 0 fully saturated rings. The van der Waals surface area contributed by atoms with Crippen LogP contribution in [0.1, 0.15) is 11.1 Å². The number of benzene rings is 1. The first-order valence-electron chi connectivity index (χ1n) is 5.14. The van der Waals surface area contributed by atoms with Crippen molar-refractivity contribution in [1.29, 1.82) is 0 Å². The summed E-state index contributed by atoms with van der Waals surface area (Å²) in [7, 11) is 0. The zero-order valence-electron chi connectivity index (χ0n) is 9.28. The Morgan fingerprint density at radius 1 is 1.29 bits per heavy atom. The van der Waals surface area contributed by atoms with Gasteiger partial charge >= 0.3 is 0 Å². The number of nitrogens with zero attached hydrogens (tertiary/aromatic N) is 1. The summed E-state index contributed by atoms with van der Waals surface area (Å²) in [4.78, 5) is 4.22. The molecule has 0 aliphatic heterocycles. The fourth-order valence-electron chi connectivity index (χ4n) is 1.39. The van der Waals surface area contributed by atoms with E-state index in [-0.39, 0.29) is 0 Å². The van der Waals surface area contributed by atoms with Crippen LogP contribution in [-0.4, -0.2) is 4.98 Å². The van der Waals surface area contributed by atoms with Gasteiger partial charge in [0.2, 0.25) is 5.88 Å². The monoisotopic (exact) mass is 311 g/mol. The molecule has 1 aromatic heterocycles. The fraction of sp³-hybridized carbons (Fsp3) is 0.154. The van der Waals surface area contributed by atoms with Crippen LogP contribution in [0.3, 0.4) is 0 Å². The second-order valence-corrected chi connectivity index (χ2v) is 4.65. The molecule has 0 amide bonds. The van der Waals surface area contributed by atoms with Crippen molar-refractivity contribution in [2.24, 2.45) is 0 Å². The third-order valence-corrected chi connectivity index (χ3v) is 3.19. The molecule has 17 heavy (non-hydrogen) atoms. The molecule has 0 saturated carbocycles. The van der Waals surface area contributed by atoms with Crippen molar-refractivity contribution >= 4 is 27.5 Å². The number of hydrogen-bond donors (Lipinski definition) is 0. The molecule has 0 aliphatic carbocycles. The maximum Gasteiger partial charge on any atom is 0.219 e. The number of alkyl halides is 1. The van der Waals surface area contributed by atoms with Crippen LogP contribution in [0.15, 0.2) is 36.5 Å². The van der Waals surface area contributed by atoms with Crippen molar-refractivity contribution in [3.05, 3.63) is 52.7 Å². The third-order valence-electron chi connectivity index (χ3n) is 2.30. The topological polar surface area (TPSA) is 22.1 Å². The summed E-state index contributed by atoms with van der Waals surface area (Å²) in [6.07, 6.45) is 1.79.